The molecular formula is C16H25ClN2O2. The Labute approximate surface area is 132 Å². The Morgan fingerprint density at radius 1 is 1.24 bits per heavy atom. The molecule has 0 aromatic heterocycles. The Hall–Kier alpha value is -1.10. The van der Waals surface area contributed by atoms with Crippen molar-refractivity contribution in [3.8, 4) is 0 Å². The number of nitrogens with two attached hydrogens (primary N) is 1. The van der Waals surface area contributed by atoms with E-state index in [9.17, 15) is 4.79 Å². The first-order valence-electron chi connectivity index (χ1n) is 7.48. The highest BCUT2D eigenvalue weighted by atomic mass is 35.5. The van der Waals surface area contributed by atoms with Gasteiger partial charge in [-0.05, 0) is 43.5 Å². The standard InChI is InChI=1S/C16H24N2O2.ClH/c17-11-3-6-16(19)18-14-9-7-13(8-10-14)12-20-15-4-1-2-5-15;/h7-10,15H,1-6,11-12,17H2,(H,18,19);1H. The topological polar surface area (TPSA) is 64.4 Å². The lowest BCUT2D eigenvalue weighted by Crippen LogP contribution is -2.13. The van der Waals surface area contributed by atoms with Crippen LogP contribution in [0.2, 0.25) is 0 Å². The Bertz CT molecular complexity index is 417. The first kappa shape index (κ1) is 18.0. The van der Waals surface area contributed by atoms with Crippen LogP contribution in [0.3, 0.4) is 0 Å². The third-order valence-electron chi connectivity index (χ3n) is 3.63. The average molecular weight is 313 g/mol. The van der Waals surface area contributed by atoms with Gasteiger partial charge in [0.2, 0.25) is 5.91 Å². The Morgan fingerprint density at radius 3 is 2.52 bits per heavy atom. The second-order valence-electron chi connectivity index (χ2n) is 5.35. The quantitative estimate of drug-likeness (QED) is 0.812. The van der Waals surface area contributed by atoms with Gasteiger partial charge in [0.15, 0.2) is 0 Å². The van der Waals surface area contributed by atoms with Crippen molar-refractivity contribution < 1.29 is 9.53 Å². The monoisotopic (exact) mass is 312 g/mol. The van der Waals surface area contributed by atoms with Gasteiger partial charge in [-0.2, -0.15) is 0 Å². The minimum Gasteiger partial charge on any atom is -0.374 e. The summed E-state index contributed by atoms with van der Waals surface area (Å²) in [5.74, 6) is 0.0189. The lowest BCUT2D eigenvalue weighted by Gasteiger charge is -2.11. The third-order valence-corrected chi connectivity index (χ3v) is 3.63. The van der Waals surface area contributed by atoms with Gasteiger partial charge in [-0.1, -0.05) is 25.0 Å². The molecule has 0 aliphatic heterocycles. The van der Waals surface area contributed by atoms with Gasteiger partial charge in [-0.15, -0.1) is 12.4 Å². The highest BCUT2D eigenvalue weighted by Crippen LogP contribution is 2.22. The SMILES string of the molecule is Cl.NCCCC(=O)Nc1ccc(COC2CCCC2)cc1. The van der Waals surface area contributed by atoms with Crippen molar-refractivity contribution in [1.82, 2.24) is 0 Å². The Balaban J connectivity index is 0.00000220. The van der Waals surface area contributed by atoms with Crippen LogP contribution < -0.4 is 11.1 Å². The molecule has 1 aliphatic carbocycles. The largest absolute Gasteiger partial charge is 0.374 e. The zero-order valence-electron chi connectivity index (χ0n) is 12.3. The fourth-order valence-corrected chi connectivity index (χ4v) is 2.44. The summed E-state index contributed by atoms with van der Waals surface area (Å²) in [5.41, 5.74) is 7.36. The van der Waals surface area contributed by atoms with E-state index < -0.39 is 0 Å². The van der Waals surface area contributed by atoms with Gasteiger partial charge >= 0.3 is 0 Å². The average Bonchev–Trinajstić information content (AvgIpc) is 2.98. The zero-order valence-corrected chi connectivity index (χ0v) is 13.2. The lowest BCUT2D eigenvalue weighted by molar-refractivity contribution is -0.116. The highest BCUT2D eigenvalue weighted by molar-refractivity contribution is 5.90. The van der Waals surface area contributed by atoms with E-state index in [4.69, 9.17) is 10.5 Å². The summed E-state index contributed by atoms with van der Waals surface area (Å²) in [5, 5.41) is 2.87. The van der Waals surface area contributed by atoms with Crippen LogP contribution >= 0.6 is 12.4 Å². The summed E-state index contributed by atoms with van der Waals surface area (Å²) in [4.78, 5) is 11.6. The molecule has 1 saturated carbocycles. The Kier molecular flexibility index (Phi) is 8.35. The lowest BCUT2D eigenvalue weighted by atomic mass is 10.2. The van der Waals surface area contributed by atoms with E-state index in [0.29, 0.717) is 25.7 Å². The van der Waals surface area contributed by atoms with Crippen molar-refractivity contribution >= 4 is 24.0 Å². The molecule has 1 aliphatic rings. The van der Waals surface area contributed by atoms with Gasteiger partial charge in [-0.25, -0.2) is 0 Å². The van der Waals surface area contributed by atoms with Crippen molar-refractivity contribution in [3.05, 3.63) is 29.8 Å². The molecule has 4 nitrogen and oxygen atoms in total. The predicted octanol–water partition coefficient (Wildman–Crippen LogP) is 3.25. The normalized spacial score (nSPS) is 14.7. The van der Waals surface area contributed by atoms with E-state index in [1.54, 1.807) is 0 Å². The van der Waals surface area contributed by atoms with E-state index in [2.05, 4.69) is 5.32 Å². The molecule has 0 saturated heterocycles. The second-order valence-corrected chi connectivity index (χ2v) is 5.35. The molecule has 1 aromatic rings. The van der Waals surface area contributed by atoms with E-state index in [0.717, 1.165) is 17.7 Å². The minimum atomic E-state index is 0. The van der Waals surface area contributed by atoms with Crippen molar-refractivity contribution in [2.45, 2.75) is 51.2 Å². The number of rotatable bonds is 7. The second kappa shape index (κ2) is 9.77. The molecule has 3 N–H and O–H groups in total. The molecule has 118 valence electrons. The molecular weight excluding hydrogens is 288 g/mol. The van der Waals surface area contributed by atoms with Crippen molar-refractivity contribution in [2.75, 3.05) is 11.9 Å². The summed E-state index contributed by atoms with van der Waals surface area (Å²) in [7, 11) is 0. The summed E-state index contributed by atoms with van der Waals surface area (Å²) in [6.45, 7) is 1.21. The van der Waals surface area contributed by atoms with Crippen LogP contribution in [-0.4, -0.2) is 18.6 Å². The van der Waals surface area contributed by atoms with Gasteiger partial charge in [0, 0.05) is 12.1 Å². The van der Waals surface area contributed by atoms with Crippen molar-refractivity contribution in [1.29, 1.82) is 0 Å². The number of nitrogens with one attached hydrogen (secondary N) is 1. The molecule has 1 fully saturated rings. The Morgan fingerprint density at radius 2 is 1.90 bits per heavy atom. The smallest absolute Gasteiger partial charge is 0.224 e. The van der Waals surface area contributed by atoms with Crippen LogP contribution in [0.25, 0.3) is 0 Å². The molecule has 0 radical (unpaired) electrons. The van der Waals surface area contributed by atoms with Crippen LogP contribution in [-0.2, 0) is 16.1 Å². The van der Waals surface area contributed by atoms with E-state index in [1.165, 1.54) is 25.7 Å². The molecule has 0 atom stereocenters. The summed E-state index contributed by atoms with van der Waals surface area (Å²) >= 11 is 0. The first-order chi connectivity index (χ1) is 9.78. The maximum absolute atomic E-state index is 11.6. The van der Waals surface area contributed by atoms with Gasteiger partial charge < -0.3 is 15.8 Å². The number of amides is 1. The first-order valence-corrected chi connectivity index (χ1v) is 7.48. The molecule has 5 heteroatoms. The minimum absolute atomic E-state index is 0. The van der Waals surface area contributed by atoms with Crippen LogP contribution in [0.5, 0.6) is 0 Å². The summed E-state index contributed by atoms with van der Waals surface area (Å²) in [6, 6.07) is 7.86. The van der Waals surface area contributed by atoms with Crippen LogP contribution in [0.4, 0.5) is 5.69 Å². The van der Waals surface area contributed by atoms with Gasteiger partial charge in [0.1, 0.15) is 0 Å². The summed E-state index contributed by atoms with van der Waals surface area (Å²) in [6.07, 6.45) is 6.59. The van der Waals surface area contributed by atoms with Gasteiger partial charge in [0.05, 0.1) is 12.7 Å². The fraction of sp³-hybridized carbons (Fsp3) is 0.562. The van der Waals surface area contributed by atoms with Gasteiger partial charge in [-0.3, -0.25) is 4.79 Å². The van der Waals surface area contributed by atoms with Crippen LogP contribution in [0.1, 0.15) is 44.1 Å². The molecule has 21 heavy (non-hydrogen) atoms. The molecule has 2 rings (SSSR count). The molecule has 0 unspecified atom stereocenters. The highest BCUT2D eigenvalue weighted by Gasteiger charge is 2.15. The molecule has 0 spiro atoms. The summed E-state index contributed by atoms with van der Waals surface area (Å²) < 4.78 is 5.86. The molecule has 1 amide bonds. The van der Waals surface area contributed by atoms with Crippen LogP contribution in [0, 0.1) is 0 Å². The third kappa shape index (κ3) is 6.46. The maximum atomic E-state index is 11.6. The zero-order chi connectivity index (χ0) is 14.2. The number of hydrogen-bond acceptors (Lipinski definition) is 3. The molecule has 0 heterocycles. The number of anilines is 1. The fourth-order valence-electron chi connectivity index (χ4n) is 2.44. The number of carbonyl (C=O) groups is 1. The number of benzene rings is 1. The number of carbonyl (C=O) groups excluding carboxylic acids is 1. The predicted molar refractivity (Wildman–Crippen MR) is 87.7 cm³/mol. The number of halogens is 1. The van der Waals surface area contributed by atoms with E-state index in [1.807, 2.05) is 24.3 Å². The maximum Gasteiger partial charge on any atom is 0.224 e. The number of ether oxygens (including phenoxy) is 1. The van der Waals surface area contributed by atoms with Crippen molar-refractivity contribution in [3.63, 3.8) is 0 Å². The van der Waals surface area contributed by atoms with Crippen molar-refractivity contribution in [2.24, 2.45) is 5.73 Å². The molecule has 1 aromatic carbocycles. The van der Waals surface area contributed by atoms with E-state index >= 15 is 0 Å². The molecule has 0 bridgehead atoms. The van der Waals surface area contributed by atoms with Crippen LogP contribution in [0.15, 0.2) is 24.3 Å². The number of hydrogen-bond donors (Lipinski definition) is 2. The van der Waals surface area contributed by atoms with E-state index in [-0.39, 0.29) is 18.3 Å². The van der Waals surface area contributed by atoms with Gasteiger partial charge in [0.25, 0.3) is 0 Å².